The van der Waals surface area contributed by atoms with Gasteiger partial charge >= 0.3 is 5.69 Å². The minimum atomic E-state index is -0.456. The maximum absolute atomic E-state index is 13.4. The van der Waals surface area contributed by atoms with E-state index in [9.17, 15) is 14.9 Å². The number of imidazole rings is 1. The molecule has 1 aromatic carbocycles. The molecule has 0 amide bonds. The largest absolute Gasteiger partial charge is 0.341 e. The van der Waals surface area contributed by atoms with Gasteiger partial charge in [-0.25, -0.2) is 4.79 Å². The third-order valence-electron chi connectivity index (χ3n) is 5.74. The summed E-state index contributed by atoms with van der Waals surface area (Å²) in [5.74, 6) is 0.671. The van der Waals surface area contributed by atoms with Gasteiger partial charge in [-0.2, -0.15) is 10.2 Å². The number of hydrogen-bond donors (Lipinski definition) is 1. The van der Waals surface area contributed by atoms with Crippen molar-refractivity contribution >= 4 is 17.1 Å². The van der Waals surface area contributed by atoms with Crippen molar-refractivity contribution < 1.29 is 0 Å². The van der Waals surface area contributed by atoms with Crippen LogP contribution in [-0.2, 0) is 20.1 Å². The third-order valence-corrected chi connectivity index (χ3v) is 5.74. The number of nitrogens with zero attached hydrogens (tertiary/aromatic N) is 6. The first kappa shape index (κ1) is 19.9. The Labute approximate surface area is 173 Å². The molecule has 3 aromatic rings. The number of rotatable bonds is 4. The summed E-state index contributed by atoms with van der Waals surface area (Å²) < 4.78 is 4.45. The molecule has 1 atom stereocenters. The van der Waals surface area contributed by atoms with Crippen LogP contribution in [0.15, 0.2) is 33.9 Å². The first-order valence-electron chi connectivity index (χ1n) is 10.1. The minimum Gasteiger partial charge on any atom is -0.341 e. The van der Waals surface area contributed by atoms with Gasteiger partial charge in [0.05, 0.1) is 18.2 Å². The van der Waals surface area contributed by atoms with Crippen molar-refractivity contribution in [2.75, 3.05) is 18.0 Å². The van der Waals surface area contributed by atoms with Crippen molar-refractivity contribution in [1.82, 2.24) is 18.7 Å². The molecule has 0 spiro atoms. The molecule has 2 aromatic heterocycles. The van der Waals surface area contributed by atoms with Gasteiger partial charge in [0.15, 0.2) is 11.2 Å². The van der Waals surface area contributed by atoms with E-state index in [2.05, 4.69) is 16.0 Å². The number of piperidine rings is 1. The maximum atomic E-state index is 13.4. The number of anilines is 1. The van der Waals surface area contributed by atoms with E-state index < -0.39 is 11.2 Å². The lowest BCUT2D eigenvalue weighted by Gasteiger charge is -2.31. The molecule has 0 bridgehead atoms. The van der Waals surface area contributed by atoms with E-state index in [-0.39, 0.29) is 12.6 Å². The van der Waals surface area contributed by atoms with E-state index >= 15 is 0 Å². The van der Waals surface area contributed by atoms with E-state index in [0.717, 1.165) is 19.4 Å². The summed E-state index contributed by atoms with van der Waals surface area (Å²) in [7, 11) is 1.62. The average molecular weight is 407 g/mol. The Balaban J connectivity index is 1.91. The lowest BCUT2D eigenvalue weighted by Crippen LogP contribution is -2.44. The van der Waals surface area contributed by atoms with Crippen LogP contribution in [0, 0.1) is 11.3 Å². The fraction of sp³-hybridized carbons (Fsp3) is 0.429. The van der Waals surface area contributed by atoms with Gasteiger partial charge in [-0.15, -0.1) is 0 Å². The van der Waals surface area contributed by atoms with Crippen LogP contribution in [0.25, 0.3) is 11.2 Å². The summed E-state index contributed by atoms with van der Waals surface area (Å²) >= 11 is 0. The van der Waals surface area contributed by atoms with Crippen molar-refractivity contribution in [2.45, 2.75) is 38.9 Å². The van der Waals surface area contributed by atoms with Crippen LogP contribution < -0.4 is 21.9 Å². The van der Waals surface area contributed by atoms with Crippen LogP contribution >= 0.6 is 0 Å². The van der Waals surface area contributed by atoms with Crippen molar-refractivity contribution in [1.29, 1.82) is 5.26 Å². The molecule has 1 saturated heterocycles. The zero-order valence-electron chi connectivity index (χ0n) is 17.2. The Morgan fingerprint density at radius 1 is 1.27 bits per heavy atom. The van der Waals surface area contributed by atoms with Crippen molar-refractivity contribution in [3.05, 3.63) is 56.2 Å². The summed E-state index contributed by atoms with van der Waals surface area (Å²) in [6, 6.07) is 9.16. The lowest BCUT2D eigenvalue weighted by atomic mass is 10.1. The van der Waals surface area contributed by atoms with Gasteiger partial charge in [0.1, 0.15) is 0 Å². The molecule has 4 rings (SSSR count). The van der Waals surface area contributed by atoms with Crippen LogP contribution in [0.2, 0.25) is 0 Å². The van der Waals surface area contributed by atoms with Gasteiger partial charge < -0.3 is 15.2 Å². The average Bonchev–Trinajstić information content (AvgIpc) is 3.15. The van der Waals surface area contributed by atoms with E-state index in [1.54, 1.807) is 31.3 Å². The molecule has 0 aliphatic carbocycles. The third kappa shape index (κ3) is 3.19. The van der Waals surface area contributed by atoms with Gasteiger partial charge in [-0.1, -0.05) is 18.2 Å². The molecule has 1 fully saturated rings. The molecule has 2 N–H and O–H groups in total. The monoisotopic (exact) mass is 407 g/mol. The van der Waals surface area contributed by atoms with Crippen molar-refractivity contribution in [2.24, 2.45) is 12.8 Å². The van der Waals surface area contributed by atoms with Crippen LogP contribution in [-0.4, -0.2) is 37.8 Å². The fourth-order valence-corrected chi connectivity index (χ4v) is 4.17. The molecule has 156 valence electrons. The lowest BCUT2D eigenvalue weighted by molar-refractivity contribution is 0.494. The van der Waals surface area contributed by atoms with Gasteiger partial charge in [-0.05, 0) is 31.4 Å². The van der Waals surface area contributed by atoms with Crippen LogP contribution in [0.1, 0.15) is 30.9 Å². The zero-order chi connectivity index (χ0) is 21.4. The number of benzene rings is 1. The Morgan fingerprint density at radius 2 is 2.03 bits per heavy atom. The topological polar surface area (TPSA) is 115 Å². The van der Waals surface area contributed by atoms with E-state index in [1.165, 1.54) is 9.13 Å². The highest BCUT2D eigenvalue weighted by Crippen LogP contribution is 2.22. The SMILES string of the molecule is CCn1c(N2CCC[C@@H](N)C2)nc2c1c(=O)n(Cc1ccccc1C#N)c(=O)n2C. The molecular weight excluding hydrogens is 382 g/mol. The Morgan fingerprint density at radius 3 is 2.73 bits per heavy atom. The molecule has 30 heavy (non-hydrogen) atoms. The summed E-state index contributed by atoms with van der Waals surface area (Å²) in [5.41, 5.74) is 7.12. The number of hydrogen-bond acceptors (Lipinski definition) is 6. The predicted molar refractivity (Wildman–Crippen MR) is 115 cm³/mol. The molecule has 0 saturated carbocycles. The number of nitriles is 1. The van der Waals surface area contributed by atoms with Crippen LogP contribution in [0.5, 0.6) is 0 Å². The quantitative estimate of drug-likeness (QED) is 0.683. The second-order valence-electron chi connectivity index (χ2n) is 7.68. The second kappa shape index (κ2) is 7.80. The second-order valence-corrected chi connectivity index (χ2v) is 7.68. The predicted octanol–water partition coefficient (Wildman–Crippen LogP) is 0.764. The number of aromatic nitrogens is 4. The van der Waals surface area contributed by atoms with Gasteiger partial charge in [-0.3, -0.25) is 13.9 Å². The highest BCUT2D eigenvalue weighted by Gasteiger charge is 2.25. The van der Waals surface area contributed by atoms with Crippen molar-refractivity contribution in [3.63, 3.8) is 0 Å². The van der Waals surface area contributed by atoms with E-state index in [4.69, 9.17) is 5.73 Å². The summed E-state index contributed by atoms with van der Waals surface area (Å²) in [6.45, 7) is 4.01. The number of nitrogens with two attached hydrogens (primary N) is 1. The zero-order valence-corrected chi connectivity index (χ0v) is 17.2. The summed E-state index contributed by atoms with van der Waals surface area (Å²) in [6.07, 6.45) is 1.93. The molecular formula is C21H25N7O2. The van der Waals surface area contributed by atoms with Crippen LogP contribution in [0.4, 0.5) is 5.95 Å². The molecule has 9 heteroatoms. The summed E-state index contributed by atoms with van der Waals surface area (Å²) in [5, 5.41) is 9.36. The van der Waals surface area contributed by atoms with Gasteiger partial charge in [0, 0.05) is 32.7 Å². The summed E-state index contributed by atoms with van der Waals surface area (Å²) in [4.78, 5) is 33.2. The Hall–Kier alpha value is -3.38. The highest BCUT2D eigenvalue weighted by atomic mass is 16.2. The maximum Gasteiger partial charge on any atom is 0.332 e. The normalized spacial score (nSPS) is 16.7. The molecule has 3 heterocycles. The Bertz CT molecular complexity index is 1260. The first-order chi connectivity index (χ1) is 14.5. The fourth-order valence-electron chi connectivity index (χ4n) is 4.17. The van der Waals surface area contributed by atoms with Crippen LogP contribution in [0.3, 0.4) is 0 Å². The molecule has 1 aliphatic heterocycles. The highest BCUT2D eigenvalue weighted by molar-refractivity contribution is 5.74. The molecule has 0 radical (unpaired) electrons. The van der Waals surface area contributed by atoms with Gasteiger partial charge in [0.25, 0.3) is 5.56 Å². The van der Waals surface area contributed by atoms with Crippen molar-refractivity contribution in [3.8, 4) is 6.07 Å². The van der Waals surface area contributed by atoms with E-state index in [1.807, 2.05) is 11.5 Å². The Kier molecular flexibility index (Phi) is 5.18. The molecule has 0 unspecified atom stereocenters. The number of fused-ring (bicyclic) bond motifs is 1. The van der Waals surface area contributed by atoms with E-state index in [0.29, 0.717) is 41.3 Å². The van der Waals surface area contributed by atoms with Gasteiger partial charge in [0.2, 0.25) is 5.95 Å². The minimum absolute atomic E-state index is 0.0317. The smallest absolute Gasteiger partial charge is 0.332 e. The molecule has 1 aliphatic rings. The number of aryl methyl sites for hydroxylation is 2. The standard InChI is InChI=1S/C21H25N7O2/c1-3-27-17-18(24-20(27)26-10-6-9-16(23)13-26)25(2)21(30)28(19(17)29)12-15-8-5-4-7-14(15)11-22/h4-5,7-8,16H,3,6,9-10,12-13,23H2,1-2H3/t16-/m1/s1. The first-order valence-corrected chi connectivity index (χ1v) is 10.1. The molecule has 9 nitrogen and oxygen atoms in total.